The topological polar surface area (TPSA) is 42.5 Å². The van der Waals surface area contributed by atoms with Crippen molar-refractivity contribution < 1.29 is 39.8 Å². The van der Waals surface area contributed by atoms with Gasteiger partial charge in [0.2, 0.25) is 0 Å². The molecule has 0 saturated carbocycles. The molecule has 9 heavy (non-hydrogen) atoms. The van der Waals surface area contributed by atoms with E-state index >= 15 is 0 Å². The largest absolute Gasteiger partial charge is 1.00 e. The molecule has 1 aliphatic heterocycles. The Morgan fingerprint density at radius 3 is 1.89 bits per heavy atom. The SMILES string of the molecule is CN1CCOCC1.[Na+].[OH-]. The number of hydrogen-bond acceptors (Lipinski definition) is 3. The van der Waals surface area contributed by atoms with Gasteiger partial charge in [-0.1, -0.05) is 0 Å². The van der Waals surface area contributed by atoms with Crippen LogP contribution in [-0.2, 0) is 4.74 Å². The monoisotopic (exact) mass is 141 g/mol. The standard InChI is InChI=1S/C5H11NO.Na.H2O/c1-6-2-4-7-5-3-6;;/h2-5H2,1H3;;1H2/q;+1;/p-1. The second-order valence-corrected chi connectivity index (χ2v) is 1.92. The van der Waals surface area contributed by atoms with E-state index in [9.17, 15) is 0 Å². The molecule has 4 heteroatoms. The van der Waals surface area contributed by atoms with Crippen molar-refractivity contribution in [3.05, 3.63) is 0 Å². The third-order valence-corrected chi connectivity index (χ3v) is 1.23. The Balaban J connectivity index is 0. The molecule has 1 saturated heterocycles. The summed E-state index contributed by atoms with van der Waals surface area (Å²) in [6, 6.07) is 0. The van der Waals surface area contributed by atoms with Crippen LogP contribution in [0.15, 0.2) is 0 Å². The Hall–Kier alpha value is 0.880. The fraction of sp³-hybridized carbons (Fsp3) is 1.00. The van der Waals surface area contributed by atoms with Gasteiger partial charge < -0.3 is 15.1 Å². The molecule has 1 rings (SSSR count). The van der Waals surface area contributed by atoms with Crippen molar-refractivity contribution in [3.63, 3.8) is 0 Å². The fourth-order valence-electron chi connectivity index (χ4n) is 0.655. The van der Waals surface area contributed by atoms with Gasteiger partial charge in [-0.05, 0) is 7.05 Å². The van der Waals surface area contributed by atoms with Crippen LogP contribution in [0.2, 0.25) is 0 Å². The molecule has 0 unspecified atom stereocenters. The fourth-order valence-corrected chi connectivity index (χ4v) is 0.655. The normalized spacial score (nSPS) is 19.7. The molecule has 1 heterocycles. The summed E-state index contributed by atoms with van der Waals surface area (Å²) in [6.07, 6.45) is 0. The van der Waals surface area contributed by atoms with Crippen molar-refractivity contribution in [2.45, 2.75) is 0 Å². The molecule has 0 aromatic carbocycles. The Morgan fingerprint density at radius 2 is 1.67 bits per heavy atom. The summed E-state index contributed by atoms with van der Waals surface area (Å²) in [5.41, 5.74) is 0. The smallest absolute Gasteiger partial charge is 0.870 e. The van der Waals surface area contributed by atoms with Crippen molar-refractivity contribution in [3.8, 4) is 0 Å². The second kappa shape index (κ2) is 6.99. The predicted octanol–water partition coefficient (Wildman–Crippen LogP) is -3.22. The number of likely N-dealkylation sites (N-methyl/N-ethyl adjacent to an activating group) is 1. The van der Waals surface area contributed by atoms with E-state index < -0.39 is 0 Å². The summed E-state index contributed by atoms with van der Waals surface area (Å²) in [6.45, 7) is 4.02. The van der Waals surface area contributed by atoms with E-state index in [0.717, 1.165) is 26.3 Å². The summed E-state index contributed by atoms with van der Waals surface area (Å²) in [7, 11) is 2.11. The third-order valence-electron chi connectivity index (χ3n) is 1.23. The molecule has 50 valence electrons. The maximum atomic E-state index is 5.10. The molecule has 0 aliphatic carbocycles. The first-order chi connectivity index (χ1) is 3.39. The van der Waals surface area contributed by atoms with Crippen LogP contribution in [0.1, 0.15) is 0 Å². The van der Waals surface area contributed by atoms with Crippen molar-refractivity contribution >= 4 is 0 Å². The molecule has 0 aromatic rings. The van der Waals surface area contributed by atoms with Crippen LogP contribution < -0.4 is 29.6 Å². The van der Waals surface area contributed by atoms with E-state index in [1.54, 1.807) is 0 Å². The van der Waals surface area contributed by atoms with Crippen molar-refractivity contribution in [2.24, 2.45) is 0 Å². The van der Waals surface area contributed by atoms with Crippen LogP contribution in [0, 0.1) is 0 Å². The van der Waals surface area contributed by atoms with E-state index in [4.69, 9.17) is 4.74 Å². The Bertz CT molecular complexity index is 56.9. The van der Waals surface area contributed by atoms with Gasteiger partial charge in [-0.15, -0.1) is 0 Å². The Morgan fingerprint density at radius 1 is 1.22 bits per heavy atom. The summed E-state index contributed by atoms with van der Waals surface area (Å²) in [4.78, 5) is 2.27. The quantitative estimate of drug-likeness (QED) is 0.333. The Labute approximate surface area is 78.0 Å². The van der Waals surface area contributed by atoms with Crippen LogP contribution in [0.5, 0.6) is 0 Å². The van der Waals surface area contributed by atoms with Crippen molar-refractivity contribution in [1.29, 1.82) is 0 Å². The van der Waals surface area contributed by atoms with Crippen LogP contribution >= 0.6 is 0 Å². The molecule has 1 fully saturated rings. The summed E-state index contributed by atoms with van der Waals surface area (Å²) in [5, 5.41) is 0. The molecule has 0 radical (unpaired) electrons. The number of rotatable bonds is 0. The number of nitrogens with zero attached hydrogens (tertiary/aromatic N) is 1. The molecule has 1 N–H and O–H groups in total. The maximum Gasteiger partial charge on any atom is 1.00 e. The third kappa shape index (κ3) is 5.33. The summed E-state index contributed by atoms with van der Waals surface area (Å²) >= 11 is 0. The maximum absolute atomic E-state index is 5.10. The molecule has 1 aliphatic rings. The molecular weight excluding hydrogens is 129 g/mol. The molecule has 0 bridgehead atoms. The molecule has 3 nitrogen and oxygen atoms in total. The molecule has 0 spiro atoms. The van der Waals surface area contributed by atoms with Crippen LogP contribution in [-0.4, -0.2) is 43.7 Å². The zero-order valence-corrected chi connectivity index (χ0v) is 8.13. The number of hydrogen-bond donors (Lipinski definition) is 0. The van der Waals surface area contributed by atoms with Crippen molar-refractivity contribution in [2.75, 3.05) is 33.4 Å². The van der Waals surface area contributed by atoms with Crippen molar-refractivity contribution in [1.82, 2.24) is 4.90 Å². The Kier molecular flexibility index (Phi) is 9.75. The zero-order valence-electron chi connectivity index (χ0n) is 6.13. The van der Waals surface area contributed by atoms with Gasteiger partial charge in [0, 0.05) is 13.1 Å². The van der Waals surface area contributed by atoms with Gasteiger partial charge in [0.05, 0.1) is 13.2 Å². The van der Waals surface area contributed by atoms with E-state index in [-0.39, 0.29) is 35.0 Å². The zero-order chi connectivity index (χ0) is 5.11. The van der Waals surface area contributed by atoms with E-state index in [2.05, 4.69) is 11.9 Å². The van der Waals surface area contributed by atoms with Crippen LogP contribution in [0.3, 0.4) is 0 Å². The summed E-state index contributed by atoms with van der Waals surface area (Å²) < 4.78 is 5.10. The molecule has 0 aromatic heterocycles. The van der Waals surface area contributed by atoms with Gasteiger partial charge >= 0.3 is 29.6 Å². The molecular formula is C5H12NNaO2. The van der Waals surface area contributed by atoms with Crippen LogP contribution in [0.4, 0.5) is 0 Å². The van der Waals surface area contributed by atoms with Gasteiger partial charge in [0.1, 0.15) is 0 Å². The minimum absolute atomic E-state index is 0. The predicted molar refractivity (Wildman–Crippen MR) is 30.3 cm³/mol. The van der Waals surface area contributed by atoms with Gasteiger partial charge in [-0.25, -0.2) is 0 Å². The first-order valence-electron chi connectivity index (χ1n) is 2.66. The van der Waals surface area contributed by atoms with E-state index in [0.29, 0.717) is 0 Å². The van der Waals surface area contributed by atoms with E-state index in [1.807, 2.05) is 0 Å². The average molecular weight is 141 g/mol. The number of morpholine rings is 1. The second-order valence-electron chi connectivity index (χ2n) is 1.92. The van der Waals surface area contributed by atoms with Gasteiger partial charge in [-0.2, -0.15) is 0 Å². The minimum atomic E-state index is 0. The summed E-state index contributed by atoms with van der Waals surface area (Å²) in [5.74, 6) is 0. The first-order valence-corrected chi connectivity index (χ1v) is 2.66. The van der Waals surface area contributed by atoms with Gasteiger partial charge in [0.15, 0.2) is 0 Å². The van der Waals surface area contributed by atoms with Crippen LogP contribution in [0.25, 0.3) is 0 Å². The van der Waals surface area contributed by atoms with E-state index in [1.165, 1.54) is 0 Å². The molecule has 0 atom stereocenters. The first kappa shape index (κ1) is 12.5. The van der Waals surface area contributed by atoms with Gasteiger partial charge in [0.25, 0.3) is 0 Å². The molecule has 0 amide bonds. The van der Waals surface area contributed by atoms with Gasteiger partial charge in [-0.3, -0.25) is 0 Å². The number of ether oxygens (including phenoxy) is 1. The minimum Gasteiger partial charge on any atom is -0.870 e. The average Bonchev–Trinajstić information content (AvgIpc) is 1.69.